The quantitative estimate of drug-likeness (QED) is 0.906. The maximum Gasteiger partial charge on any atom is 0.310 e. The third-order valence-electron chi connectivity index (χ3n) is 4.69. The standard InChI is InChI=1S/C14H23N3O2/c1-10(2)11-4-6-14(7-5-11,13(18)19)8-12-15-9-16-17(12)3/h9-11H,4-8H2,1-3H3,(H,18,19). The van der Waals surface area contributed by atoms with Gasteiger partial charge in [0, 0.05) is 13.5 Å². The molecule has 1 heterocycles. The van der Waals surface area contributed by atoms with Crippen LogP contribution in [0, 0.1) is 17.3 Å². The smallest absolute Gasteiger partial charge is 0.310 e. The highest BCUT2D eigenvalue weighted by Crippen LogP contribution is 2.43. The molecule has 1 aliphatic carbocycles. The van der Waals surface area contributed by atoms with Crippen LogP contribution in [0.3, 0.4) is 0 Å². The maximum absolute atomic E-state index is 11.7. The molecule has 1 aliphatic rings. The molecule has 19 heavy (non-hydrogen) atoms. The summed E-state index contributed by atoms with van der Waals surface area (Å²) < 4.78 is 1.68. The first kappa shape index (κ1) is 14.0. The molecule has 0 atom stereocenters. The summed E-state index contributed by atoms with van der Waals surface area (Å²) in [5.74, 6) is 1.39. The van der Waals surface area contributed by atoms with Gasteiger partial charge >= 0.3 is 5.97 Å². The zero-order valence-corrected chi connectivity index (χ0v) is 12.0. The van der Waals surface area contributed by atoms with Crippen LogP contribution in [0.15, 0.2) is 6.33 Å². The van der Waals surface area contributed by atoms with E-state index in [9.17, 15) is 9.90 Å². The van der Waals surface area contributed by atoms with Crippen molar-refractivity contribution < 1.29 is 9.90 Å². The Hall–Kier alpha value is -1.39. The van der Waals surface area contributed by atoms with Gasteiger partial charge in [0.2, 0.25) is 0 Å². The molecular formula is C14H23N3O2. The molecule has 0 aromatic carbocycles. The fourth-order valence-electron chi connectivity index (χ4n) is 3.11. The van der Waals surface area contributed by atoms with E-state index in [0.29, 0.717) is 18.3 Å². The van der Waals surface area contributed by atoms with Crippen molar-refractivity contribution in [3.8, 4) is 0 Å². The van der Waals surface area contributed by atoms with E-state index >= 15 is 0 Å². The second-order valence-electron chi connectivity index (χ2n) is 6.14. The topological polar surface area (TPSA) is 68.0 Å². The minimum atomic E-state index is -0.683. The van der Waals surface area contributed by atoms with Crippen LogP contribution in [0.2, 0.25) is 0 Å². The summed E-state index contributed by atoms with van der Waals surface area (Å²) in [7, 11) is 1.82. The molecule has 5 heteroatoms. The van der Waals surface area contributed by atoms with Crippen LogP contribution < -0.4 is 0 Å². The van der Waals surface area contributed by atoms with Gasteiger partial charge in [0.15, 0.2) is 0 Å². The van der Waals surface area contributed by atoms with Gasteiger partial charge in [0.1, 0.15) is 12.2 Å². The van der Waals surface area contributed by atoms with Gasteiger partial charge in [0.05, 0.1) is 5.41 Å². The normalized spacial score (nSPS) is 27.7. The highest BCUT2D eigenvalue weighted by molar-refractivity contribution is 5.75. The summed E-state index contributed by atoms with van der Waals surface area (Å²) in [6.45, 7) is 4.45. The van der Waals surface area contributed by atoms with Crippen molar-refractivity contribution in [1.82, 2.24) is 14.8 Å². The van der Waals surface area contributed by atoms with Gasteiger partial charge in [-0.3, -0.25) is 9.48 Å². The Balaban J connectivity index is 2.13. The molecule has 1 aromatic rings. The number of hydrogen-bond acceptors (Lipinski definition) is 3. The van der Waals surface area contributed by atoms with Crippen molar-refractivity contribution in [2.75, 3.05) is 0 Å². The van der Waals surface area contributed by atoms with Gasteiger partial charge in [-0.1, -0.05) is 13.8 Å². The van der Waals surface area contributed by atoms with E-state index in [1.165, 1.54) is 6.33 Å². The minimum Gasteiger partial charge on any atom is -0.481 e. The van der Waals surface area contributed by atoms with Crippen LogP contribution in [0.25, 0.3) is 0 Å². The highest BCUT2D eigenvalue weighted by atomic mass is 16.4. The van der Waals surface area contributed by atoms with Crippen LogP contribution in [-0.2, 0) is 18.3 Å². The Bertz CT molecular complexity index is 445. The van der Waals surface area contributed by atoms with Gasteiger partial charge in [-0.15, -0.1) is 0 Å². The van der Waals surface area contributed by atoms with Gasteiger partial charge in [0.25, 0.3) is 0 Å². The molecule has 0 radical (unpaired) electrons. The average molecular weight is 265 g/mol. The van der Waals surface area contributed by atoms with Gasteiger partial charge in [-0.2, -0.15) is 5.10 Å². The molecule has 1 fully saturated rings. The van der Waals surface area contributed by atoms with Crippen LogP contribution in [-0.4, -0.2) is 25.8 Å². The number of aliphatic carboxylic acids is 1. The Morgan fingerprint density at radius 2 is 2.16 bits per heavy atom. The van der Waals surface area contributed by atoms with Crippen LogP contribution in [0.1, 0.15) is 45.4 Å². The fraction of sp³-hybridized carbons (Fsp3) is 0.786. The monoisotopic (exact) mass is 265 g/mol. The second-order valence-corrected chi connectivity index (χ2v) is 6.14. The van der Waals surface area contributed by atoms with Crippen molar-refractivity contribution >= 4 is 5.97 Å². The summed E-state index contributed by atoms with van der Waals surface area (Å²) in [6.07, 6.45) is 5.48. The van der Waals surface area contributed by atoms with Crippen molar-refractivity contribution in [3.05, 3.63) is 12.2 Å². The van der Waals surface area contributed by atoms with Gasteiger partial charge < -0.3 is 5.11 Å². The third kappa shape index (κ3) is 2.80. The summed E-state index contributed by atoms with van der Waals surface area (Å²) in [5, 5.41) is 13.7. The first-order chi connectivity index (χ1) is 8.94. The summed E-state index contributed by atoms with van der Waals surface area (Å²) in [6, 6.07) is 0. The zero-order valence-electron chi connectivity index (χ0n) is 12.0. The Labute approximate surface area is 114 Å². The average Bonchev–Trinajstić information content (AvgIpc) is 2.75. The SMILES string of the molecule is CC(C)C1CCC(Cc2ncnn2C)(C(=O)O)CC1. The largest absolute Gasteiger partial charge is 0.481 e. The zero-order chi connectivity index (χ0) is 14.0. The molecule has 0 amide bonds. The minimum absolute atomic E-state index is 0.490. The first-order valence-electron chi connectivity index (χ1n) is 7.01. The molecular weight excluding hydrogens is 242 g/mol. The number of carboxylic acids is 1. The van der Waals surface area contributed by atoms with Crippen LogP contribution in [0.5, 0.6) is 0 Å². The lowest BCUT2D eigenvalue weighted by Gasteiger charge is -2.38. The number of rotatable bonds is 4. The number of carboxylic acid groups (broad SMARTS) is 1. The van der Waals surface area contributed by atoms with Gasteiger partial charge in [-0.25, -0.2) is 4.98 Å². The molecule has 0 spiro atoms. The first-order valence-corrected chi connectivity index (χ1v) is 7.01. The fourth-order valence-corrected chi connectivity index (χ4v) is 3.11. The molecule has 0 saturated heterocycles. The molecule has 1 aromatic heterocycles. The second kappa shape index (κ2) is 5.31. The summed E-state index contributed by atoms with van der Waals surface area (Å²) >= 11 is 0. The summed E-state index contributed by atoms with van der Waals surface area (Å²) in [4.78, 5) is 15.9. The van der Waals surface area contributed by atoms with E-state index in [2.05, 4.69) is 23.9 Å². The third-order valence-corrected chi connectivity index (χ3v) is 4.69. The van der Waals surface area contributed by atoms with E-state index in [0.717, 1.165) is 31.5 Å². The van der Waals surface area contributed by atoms with Crippen LogP contribution in [0.4, 0.5) is 0 Å². The molecule has 106 valence electrons. The number of hydrogen-bond donors (Lipinski definition) is 1. The predicted octanol–water partition coefficient (Wildman–Crippen LogP) is 2.27. The number of aromatic nitrogens is 3. The highest BCUT2D eigenvalue weighted by Gasteiger charge is 2.43. The Morgan fingerprint density at radius 3 is 2.58 bits per heavy atom. The van der Waals surface area contributed by atoms with E-state index in [-0.39, 0.29) is 0 Å². The maximum atomic E-state index is 11.7. The van der Waals surface area contributed by atoms with E-state index in [1.807, 2.05) is 7.05 Å². The van der Waals surface area contributed by atoms with Crippen molar-refractivity contribution in [2.45, 2.75) is 46.0 Å². The summed E-state index contributed by atoms with van der Waals surface area (Å²) in [5.41, 5.74) is -0.647. The number of carbonyl (C=O) groups is 1. The molecule has 2 rings (SSSR count). The molecule has 5 nitrogen and oxygen atoms in total. The Morgan fingerprint density at radius 1 is 1.53 bits per heavy atom. The molecule has 1 N–H and O–H groups in total. The molecule has 1 saturated carbocycles. The predicted molar refractivity (Wildman–Crippen MR) is 71.6 cm³/mol. The Kier molecular flexibility index (Phi) is 3.92. The molecule has 0 unspecified atom stereocenters. The van der Waals surface area contributed by atoms with E-state index in [4.69, 9.17) is 0 Å². The number of aryl methyl sites for hydroxylation is 1. The molecule has 0 bridgehead atoms. The lowest BCUT2D eigenvalue weighted by molar-refractivity contribution is -0.152. The lowest BCUT2D eigenvalue weighted by atomic mass is 9.66. The number of nitrogens with zero attached hydrogens (tertiary/aromatic N) is 3. The molecule has 0 aliphatic heterocycles. The van der Waals surface area contributed by atoms with Crippen molar-refractivity contribution in [2.24, 2.45) is 24.3 Å². The van der Waals surface area contributed by atoms with Crippen molar-refractivity contribution in [1.29, 1.82) is 0 Å². The van der Waals surface area contributed by atoms with Crippen LogP contribution >= 0.6 is 0 Å². The van der Waals surface area contributed by atoms with Gasteiger partial charge in [-0.05, 0) is 37.5 Å². The van der Waals surface area contributed by atoms with E-state index < -0.39 is 11.4 Å². The lowest BCUT2D eigenvalue weighted by Crippen LogP contribution is -2.39. The van der Waals surface area contributed by atoms with Crippen molar-refractivity contribution in [3.63, 3.8) is 0 Å². The van der Waals surface area contributed by atoms with E-state index in [1.54, 1.807) is 4.68 Å².